The third kappa shape index (κ3) is 9.26. The predicted octanol–water partition coefficient (Wildman–Crippen LogP) is 8.17. The topological polar surface area (TPSA) is 94.0 Å². The van der Waals surface area contributed by atoms with Crippen LogP contribution in [-0.4, -0.2) is 26.0 Å². The van der Waals surface area contributed by atoms with Crippen LogP contribution in [0.5, 0.6) is 0 Å². The van der Waals surface area contributed by atoms with Gasteiger partial charge < -0.3 is 5.43 Å². The zero-order valence-corrected chi connectivity index (χ0v) is 25.4. The number of nitrogens with zero attached hydrogens (tertiary/aromatic N) is 5. The van der Waals surface area contributed by atoms with Gasteiger partial charge in [-0.2, -0.15) is 4.80 Å². The SMILES string of the molecule is CCCCCCCCCCCCn1nnc(C(C(=Nc2c(C(C)C)cccc2C(C)C)NN)c2ccccc2)n1. The van der Waals surface area contributed by atoms with Gasteiger partial charge in [0.05, 0.1) is 12.2 Å². The van der Waals surface area contributed by atoms with Crippen molar-refractivity contribution in [2.24, 2.45) is 10.8 Å². The first-order chi connectivity index (χ1) is 19.5. The average molecular weight is 546 g/mol. The molecule has 3 N–H and O–H groups in total. The molecule has 3 aromatic rings. The predicted molar refractivity (Wildman–Crippen MR) is 167 cm³/mol. The number of amidine groups is 1. The standard InChI is InChI=1S/C33H51N7/c1-6-7-8-9-10-11-12-13-14-18-24-40-38-33(37-39-40)30(27-20-16-15-17-21-27)32(36-34)35-31-28(25(2)3)22-19-23-29(31)26(4)5/h15-17,19-23,25-26,30H,6-14,18,24,34H2,1-5H3,(H,35,36). The zero-order chi connectivity index (χ0) is 28.7. The first-order valence-electron chi connectivity index (χ1n) is 15.5. The summed E-state index contributed by atoms with van der Waals surface area (Å²) in [4.78, 5) is 6.90. The Morgan fingerprint density at radius 1 is 0.800 bits per heavy atom. The van der Waals surface area contributed by atoms with E-state index in [-0.39, 0.29) is 5.92 Å². The molecule has 1 unspecified atom stereocenters. The Morgan fingerprint density at radius 2 is 1.38 bits per heavy atom. The smallest absolute Gasteiger partial charge is 0.189 e. The van der Waals surface area contributed by atoms with Gasteiger partial charge in [-0.05, 0) is 40.2 Å². The summed E-state index contributed by atoms with van der Waals surface area (Å²) in [5, 5.41) is 13.7. The Balaban J connectivity index is 1.76. The van der Waals surface area contributed by atoms with Crippen LogP contribution in [0, 0.1) is 0 Å². The lowest BCUT2D eigenvalue weighted by atomic mass is 9.92. The van der Waals surface area contributed by atoms with Crippen LogP contribution >= 0.6 is 0 Å². The number of aliphatic imine (C=N–C) groups is 1. The highest BCUT2D eigenvalue weighted by molar-refractivity contribution is 5.93. The molecule has 7 heteroatoms. The fraction of sp³-hybridized carbons (Fsp3) is 0.576. The molecule has 3 rings (SSSR count). The fourth-order valence-electron chi connectivity index (χ4n) is 5.22. The lowest BCUT2D eigenvalue weighted by Crippen LogP contribution is -2.36. The number of hydrogen-bond acceptors (Lipinski definition) is 5. The van der Waals surface area contributed by atoms with Gasteiger partial charge in [-0.3, -0.25) is 0 Å². The highest BCUT2D eigenvalue weighted by Gasteiger charge is 2.26. The van der Waals surface area contributed by atoms with Gasteiger partial charge in [0.25, 0.3) is 0 Å². The quantitative estimate of drug-likeness (QED) is 0.0586. The first-order valence-corrected chi connectivity index (χ1v) is 15.5. The first kappa shape index (κ1) is 31.5. The molecule has 40 heavy (non-hydrogen) atoms. The Kier molecular flexibility index (Phi) is 13.3. The molecule has 0 fully saturated rings. The lowest BCUT2D eigenvalue weighted by Gasteiger charge is -2.20. The maximum Gasteiger partial charge on any atom is 0.189 e. The molecule has 0 spiro atoms. The number of nitrogens with two attached hydrogens (primary N) is 1. The molecule has 0 amide bonds. The second kappa shape index (κ2) is 16.9. The van der Waals surface area contributed by atoms with E-state index in [2.05, 4.69) is 80.7 Å². The number of aryl methyl sites for hydroxylation is 1. The van der Waals surface area contributed by atoms with Gasteiger partial charge in [0, 0.05) is 0 Å². The second-order valence-electron chi connectivity index (χ2n) is 11.5. The van der Waals surface area contributed by atoms with Crippen LogP contribution in [0.15, 0.2) is 53.5 Å². The lowest BCUT2D eigenvalue weighted by molar-refractivity contribution is 0.470. The number of aromatic nitrogens is 4. The minimum atomic E-state index is -0.354. The van der Waals surface area contributed by atoms with Gasteiger partial charge >= 0.3 is 0 Å². The molecular formula is C33H51N7. The second-order valence-corrected chi connectivity index (χ2v) is 11.5. The molecule has 0 aliphatic heterocycles. The summed E-state index contributed by atoms with van der Waals surface area (Å²) in [5.74, 6) is 7.67. The van der Waals surface area contributed by atoms with Crippen LogP contribution in [0.25, 0.3) is 0 Å². The highest BCUT2D eigenvalue weighted by atomic mass is 15.6. The van der Waals surface area contributed by atoms with Crippen molar-refractivity contribution in [2.75, 3.05) is 0 Å². The van der Waals surface area contributed by atoms with Crippen molar-refractivity contribution < 1.29 is 0 Å². The molecular weight excluding hydrogens is 494 g/mol. The van der Waals surface area contributed by atoms with Crippen LogP contribution < -0.4 is 11.3 Å². The van der Waals surface area contributed by atoms with Gasteiger partial charge in [-0.25, -0.2) is 10.8 Å². The molecule has 1 atom stereocenters. The summed E-state index contributed by atoms with van der Waals surface area (Å²) in [5.41, 5.74) is 7.30. The normalized spacial score (nSPS) is 12.8. The van der Waals surface area contributed by atoms with Crippen molar-refractivity contribution in [2.45, 2.75) is 123 Å². The number of hydrazine groups is 1. The Morgan fingerprint density at radius 3 is 1.93 bits per heavy atom. The van der Waals surface area contributed by atoms with E-state index in [1.54, 1.807) is 4.80 Å². The number of hydrogen-bond donors (Lipinski definition) is 2. The summed E-state index contributed by atoms with van der Waals surface area (Å²) < 4.78 is 0. The number of unbranched alkanes of at least 4 members (excludes halogenated alkanes) is 9. The van der Waals surface area contributed by atoms with Crippen molar-refractivity contribution in [3.05, 3.63) is 71.0 Å². The van der Waals surface area contributed by atoms with E-state index >= 15 is 0 Å². The van der Waals surface area contributed by atoms with Gasteiger partial charge in [-0.1, -0.05) is 141 Å². The molecule has 7 nitrogen and oxygen atoms in total. The minimum absolute atomic E-state index is 0.326. The minimum Gasteiger partial charge on any atom is -0.311 e. The highest BCUT2D eigenvalue weighted by Crippen LogP contribution is 2.36. The fourth-order valence-corrected chi connectivity index (χ4v) is 5.22. The molecule has 0 saturated carbocycles. The largest absolute Gasteiger partial charge is 0.311 e. The van der Waals surface area contributed by atoms with Crippen molar-refractivity contribution in [3.63, 3.8) is 0 Å². The maximum absolute atomic E-state index is 6.16. The molecule has 218 valence electrons. The monoisotopic (exact) mass is 545 g/mol. The number of benzene rings is 2. The average Bonchev–Trinajstić information content (AvgIpc) is 3.42. The Hall–Kier alpha value is -3.06. The zero-order valence-electron chi connectivity index (χ0n) is 25.4. The van der Waals surface area contributed by atoms with E-state index in [1.165, 1.54) is 68.9 Å². The molecule has 0 aliphatic rings. The summed E-state index contributed by atoms with van der Waals surface area (Å²) >= 11 is 0. The van der Waals surface area contributed by atoms with Crippen LogP contribution in [0.1, 0.15) is 139 Å². The third-order valence-corrected chi connectivity index (χ3v) is 7.57. The maximum atomic E-state index is 6.16. The van der Waals surface area contributed by atoms with Gasteiger partial charge in [-0.15, -0.1) is 10.2 Å². The van der Waals surface area contributed by atoms with Crippen molar-refractivity contribution >= 4 is 11.5 Å². The molecule has 2 aromatic carbocycles. The Bertz CT molecular complexity index is 1120. The summed E-state index contributed by atoms with van der Waals surface area (Å²) in [7, 11) is 0. The van der Waals surface area contributed by atoms with Crippen LogP contribution in [0.3, 0.4) is 0 Å². The molecule has 1 aromatic heterocycles. The molecule has 0 bridgehead atoms. The van der Waals surface area contributed by atoms with Gasteiger partial charge in [0.2, 0.25) is 0 Å². The van der Waals surface area contributed by atoms with Crippen LogP contribution in [-0.2, 0) is 6.54 Å². The molecule has 0 radical (unpaired) electrons. The number of tetrazole rings is 1. The van der Waals surface area contributed by atoms with Crippen LogP contribution in [0.4, 0.5) is 5.69 Å². The van der Waals surface area contributed by atoms with E-state index < -0.39 is 0 Å². The van der Waals surface area contributed by atoms with E-state index in [9.17, 15) is 0 Å². The Labute approximate surface area is 242 Å². The third-order valence-electron chi connectivity index (χ3n) is 7.57. The van der Waals surface area contributed by atoms with Gasteiger partial charge in [0.1, 0.15) is 11.8 Å². The van der Waals surface area contributed by atoms with Crippen molar-refractivity contribution in [3.8, 4) is 0 Å². The molecule has 1 heterocycles. The number of para-hydroxylation sites is 1. The van der Waals surface area contributed by atoms with E-state index in [0.717, 1.165) is 24.2 Å². The van der Waals surface area contributed by atoms with E-state index in [4.69, 9.17) is 15.9 Å². The van der Waals surface area contributed by atoms with Gasteiger partial charge in [0.15, 0.2) is 5.82 Å². The van der Waals surface area contributed by atoms with E-state index in [1.807, 2.05) is 18.2 Å². The van der Waals surface area contributed by atoms with Crippen molar-refractivity contribution in [1.82, 2.24) is 25.6 Å². The summed E-state index contributed by atoms with van der Waals surface area (Å²) in [6, 6.07) is 16.6. The molecule has 0 aliphatic carbocycles. The summed E-state index contributed by atoms with van der Waals surface area (Å²) in [6.07, 6.45) is 13.0. The summed E-state index contributed by atoms with van der Waals surface area (Å²) in [6.45, 7) is 11.8. The number of nitrogens with one attached hydrogen (secondary N) is 1. The van der Waals surface area contributed by atoms with Crippen LogP contribution in [0.2, 0.25) is 0 Å². The van der Waals surface area contributed by atoms with E-state index in [0.29, 0.717) is 23.5 Å². The number of rotatable bonds is 17. The van der Waals surface area contributed by atoms with Crippen molar-refractivity contribution in [1.29, 1.82) is 0 Å². The molecule has 0 saturated heterocycles.